The summed E-state index contributed by atoms with van der Waals surface area (Å²) in [4.78, 5) is 41.3. The van der Waals surface area contributed by atoms with E-state index >= 15 is 0 Å². The first kappa shape index (κ1) is 25.1. The number of nitrogens with one attached hydrogen (secondary N) is 1. The van der Waals surface area contributed by atoms with E-state index in [2.05, 4.69) is 5.32 Å². The number of carbonyl (C=O) groups is 3. The number of aryl methyl sites for hydroxylation is 1. The van der Waals surface area contributed by atoms with Crippen molar-refractivity contribution in [3.63, 3.8) is 0 Å². The SMILES string of the molecule is CCCN(CC(=O)Nc1ccccc1C)C(=O)CN(Cc1ccccc1)[C@@H](C)C(=O)OC. The third kappa shape index (κ3) is 7.50. The lowest BCUT2D eigenvalue weighted by atomic mass is 10.1. The molecule has 0 spiro atoms. The van der Waals surface area contributed by atoms with Gasteiger partial charge in [-0.1, -0.05) is 55.5 Å². The number of hydrogen-bond donors (Lipinski definition) is 1. The van der Waals surface area contributed by atoms with Crippen molar-refractivity contribution in [1.29, 1.82) is 0 Å². The highest BCUT2D eigenvalue weighted by atomic mass is 16.5. The number of para-hydroxylation sites is 1. The average molecular weight is 440 g/mol. The molecule has 0 aliphatic heterocycles. The van der Waals surface area contributed by atoms with E-state index in [1.807, 2.05) is 68.4 Å². The summed E-state index contributed by atoms with van der Waals surface area (Å²) < 4.78 is 4.89. The third-order valence-electron chi connectivity index (χ3n) is 5.26. The normalized spacial score (nSPS) is 11.7. The second-order valence-electron chi connectivity index (χ2n) is 7.77. The molecule has 0 aromatic heterocycles. The zero-order valence-electron chi connectivity index (χ0n) is 19.3. The Morgan fingerprint density at radius 1 is 1.00 bits per heavy atom. The van der Waals surface area contributed by atoms with Gasteiger partial charge < -0.3 is 15.0 Å². The minimum Gasteiger partial charge on any atom is -0.468 e. The number of amides is 2. The molecule has 1 atom stereocenters. The highest BCUT2D eigenvalue weighted by Gasteiger charge is 2.27. The molecular formula is C25H33N3O4. The average Bonchev–Trinajstić information content (AvgIpc) is 2.79. The van der Waals surface area contributed by atoms with E-state index < -0.39 is 12.0 Å². The van der Waals surface area contributed by atoms with Crippen molar-refractivity contribution >= 4 is 23.5 Å². The van der Waals surface area contributed by atoms with Crippen molar-refractivity contribution in [2.75, 3.05) is 32.1 Å². The van der Waals surface area contributed by atoms with Crippen molar-refractivity contribution < 1.29 is 19.1 Å². The summed E-state index contributed by atoms with van der Waals surface area (Å²) in [5.74, 6) is -0.872. The van der Waals surface area contributed by atoms with Gasteiger partial charge in [-0.3, -0.25) is 19.3 Å². The highest BCUT2D eigenvalue weighted by Crippen LogP contribution is 2.14. The minimum atomic E-state index is -0.603. The molecule has 0 aliphatic rings. The number of methoxy groups -OCH3 is 1. The summed E-state index contributed by atoms with van der Waals surface area (Å²) >= 11 is 0. The number of benzene rings is 2. The molecule has 172 valence electrons. The minimum absolute atomic E-state index is 0.00278. The van der Waals surface area contributed by atoms with Gasteiger partial charge in [-0.2, -0.15) is 0 Å². The Morgan fingerprint density at radius 3 is 2.28 bits per heavy atom. The fourth-order valence-corrected chi connectivity index (χ4v) is 3.38. The summed E-state index contributed by atoms with van der Waals surface area (Å²) in [6.45, 7) is 6.41. The van der Waals surface area contributed by atoms with Gasteiger partial charge in [-0.05, 0) is 37.5 Å². The Bertz CT molecular complexity index is 901. The molecule has 0 saturated heterocycles. The van der Waals surface area contributed by atoms with Crippen LogP contribution in [0.1, 0.15) is 31.4 Å². The van der Waals surface area contributed by atoms with Crippen LogP contribution in [0, 0.1) is 6.92 Å². The Hall–Kier alpha value is -3.19. The largest absolute Gasteiger partial charge is 0.468 e. The molecule has 0 unspecified atom stereocenters. The van der Waals surface area contributed by atoms with Crippen LogP contribution in [-0.2, 0) is 25.7 Å². The van der Waals surface area contributed by atoms with E-state index in [1.165, 1.54) is 12.0 Å². The van der Waals surface area contributed by atoms with Crippen LogP contribution >= 0.6 is 0 Å². The van der Waals surface area contributed by atoms with Gasteiger partial charge in [0, 0.05) is 18.8 Å². The molecule has 0 aliphatic carbocycles. The van der Waals surface area contributed by atoms with Crippen LogP contribution in [0.4, 0.5) is 5.69 Å². The maximum absolute atomic E-state index is 13.2. The number of anilines is 1. The van der Waals surface area contributed by atoms with Crippen molar-refractivity contribution in [2.45, 2.75) is 39.8 Å². The van der Waals surface area contributed by atoms with E-state index in [4.69, 9.17) is 4.74 Å². The van der Waals surface area contributed by atoms with E-state index in [9.17, 15) is 14.4 Å². The van der Waals surface area contributed by atoms with Crippen LogP contribution in [0.3, 0.4) is 0 Å². The molecule has 2 aromatic carbocycles. The fraction of sp³-hybridized carbons (Fsp3) is 0.400. The van der Waals surface area contributed by atoms with Crippen molar-refractivity contribution in [2.24, 2.45) is 0 Å². The van der Waals surface area contributed by atoms with E-state index in [-0.39, 0.29) is 24.9 Å². The Labute approximate surface area is 190 Å². The van der Waals surface area contributed by atoms with Crippen LogP contribution in [-0.4, -0.2) is 60.4 Å². The first-order valence-electron chi connectivity index (χ1n) is 10.8. The zero-order chi connectivity index (χ0) is 23.5. The van der Waals surface area contributed by atoms with E-state index in [0.29, 0.717) is 19.5 Å². The van der Waals surface area contributed by atoms with Crippen molar-refractivity contribution in [1.82, 2.24) is 9.80 Å². The first-order valence-corrected chi connectivity index (χ1v) is 10.8. The summed E-state index contributed by atoms with van der Waals surface area (Å²) in [5, 5.41) is 2.88. The number of carbonyl (C=O) groups excluding carboxylic acids is 3. The molecule has 2 aromatic rings. The lowest BCUT2D eigenvalue weighted by Crippen LogP contribution is -2.48. The number of esters is 1. The van der Waals surface area contributed by atoms with Crippen LogP contribution in [0.25, 0.3) is 0 Å². The smallest absolute Gasteiger partial charge is 0.322 e. The fourth-order valence-electron chi connectivity index (χ4n) is 3.38. The van der Waals surface area contributed by atoms with Gasteiger partial charge in [-0.25, -0.2) is 0 Å². The highest BCUT2D eigenvalue weighted by molar-refractivity contribution is 5.95. The van der Waals surface area contributed by atoms with E-state index in [0.717, 1.165) is 16.8 Å². The molecule has 2 amide bonds. The third-order valence-corrected chi connectivity index (χ3v) is 5.26. The van der Waals surface area contributed by atoms with Gasteiger partial charge in [0.1, 0.15) is 6.04 Å². The summed E-state index contributed by atoms with van der Waals surface area (Å²) in [6.07, 6.45) is 0.717. The predicted molar refractivity (Wildman–Crippen MR) is 125 cm³/mol. The van der Waals surface area contributed by atoms with Crippen molar-refractivity contribution in [3.05, 3.63) is 65.7 Å². The molecule has 0 heterocycles. The molecule has 1 N–H and O–H groups in total. The van der Waals surface area contributed by atoms with Crippen LogP contribution < -0.4 is 5.32 Å². The monoisotopic (exact) mass is 439 g/mol. The summed E-state index contributed by atoms with van der Waals surface area (Å²) in [6, 6.07) is 16.5. The molecular weight excluding hydrogens is 406 g/mol. The number of hydrogen-bond acceptors (Lipinski definition) is 5. The number of ether oxygens (including phenoxy) is 1. The topological polar surface area (TPSA) is 79.0 Å². The lowest BCUT2D eigenvalue weighted by Gasteiger charge is -2.30. The quantitative estimate of drug-likeness (QED) is 0.544. The van der Waals surface area contributed by atoms with E-state index in [1.54, 1.807) is 11.8 Å². The molecule has 0 bridgehead atoms. The standard InChI is InChI=1S/C25H33N3O4/c1-5-15-27(17-23(29)26-22-14-10-9-11-19(22)2)24(30)18-28(20(3)25(31)32-4)16-21-12-7-6-8-13-21/h6-14,20H,5,15-18H2,1-4H3,(H,26,29)/t20-/m0/s1. The van der Waals surface area contributed by atoms with Gasteiger partial charge in [0.05, 0.1) is 20.2 Å². The molecule has 0 radical (unpaired) electrons. The van der Waals surface area contributed by atoms with Gasteiger partial charge in [0.15, 0.2) is 0 Å². The predicted octanol–water partition coefficient (Wildman–Crippen LogP) is 3.24. The number of rotatable bonds is 11. The molecule has 32 heavy (non-hydrogen) atoms. The van der Waals surface area contributed by atoms with Crippen LogP contribution in [0.5, 0.6) is 0 Å². The summed E-state index contributed by atoms with van der Waals surface area (Å²) in [5.41, 5.74) is 2.66. The van der Waals surface area contributed by atoms with Crippen molar-refractivity contribution in [3.8, 4) is 0 Å². The second-order valence-corrected chi connectivity index (χ2v) is 7.77. The Morgan fingerprint density at radius 2 is 1.66 bits per heavy atom. The lowest BCUT2D eigenvalue weighted by molar-refractivity contribution is -0.148. The maximum Gasteiger partial charge on any atom is 0.322 e. The Kier molecular flexibility index (Phi) is 9.88. The molecule has 7 heteroatoms. The second kappa shape index (κ2) is 12.6. The Balaban J connectivity index is 2.11. The van der Waals surface area contributed by atoms with Crippen LogP contribution in [0.2, 0.25) is 0 Å². The van der Waals surface area contributed by atoms with Gasteiger partial charge in [0.2, 0.25) is 11.8 Å². The molecule has 0 saturated carbocycles. The van der Waals surface area contributed by atoms with Gasteiger partial charge in [0.25, 0.3) is 0 Å². The molecule has 0 fully saturated rings. The van der Waals surface area contributed by atoms with Gasteiger partial charge in [-0.15, -0.1) is 0 Å². The molecule has 2 rings (SSSR count). The summed E-state index contributed by atoms with van der Waals surface area (Å²) in [7, 11) is 1.33. The maximum atomic E-state index is 13.2. The van der Waals surface area contributed by atoms with Crippen LogP contribution in [0.15, 0.2) is 54.6 Å². The first-order chi connectivity index (χ1) is 15.3. The molecule has 7 nitrogen and oxygen atoms in total. The zero-order valence-corrected chi connectivity index (χ0v) is 19.3. The number of nitrogens with zero attached hydrogens (tertiary/aromatic N) is 2. The van der Waals surface area contributed by atoms with Gasteiger partial charge >= 0.3 is 5.97 Å².